The number of aliphatic carboxylic acids is 1. The highest BCUT2D eigenvalue weighted by Gasteiger charge is 2.45. The number of ether oxygens (including phenoxy) is 2. The molecule has 1 aromatic heterocycles. The van der Waals surface area contributed by atoms with Crippen molar-refractivity contribution in [2.24, 2.45) is 0 Å². The van der Waals surface area contributed by atoms with Crippen LogP contribution in [0.15, 0.2) is 29.6 Å². The van der Waals surface area contributed by atoms with Gasteiger partial charge in [-0.1, -0.05) is 31.0 Å². The fourth-order valence-corrected chi connectivity index (χ4v) is 5.51. The largest absolute Gasteiger partial charge is 0.490 e. The van der Waals surface area contributed by atoms with Gasteiger partial charge >= 0.3 is 12.1 Å². The molecule has 34 heavy (non-hydrogen) atoms. The molecule has 1 aliphatic heterocycles. The summed E-state index contributed by atoms with van der Waals surface area (Å²) in [5, 5.41) is 13.9. The number of carboxylic acids is 1. The van der Waals surface area contributed by atoms with Crippen molar-refractivity contribution in [2.45, 2.75) is 50.0 Å². The van der Waals surface area contributed by atoms with Crippen LogP contribution >= 0.6 is 11.3 Å². The smallest absolute Gasteiger partial charge is 0.475 e. The Balaban J connectivity index is 0.000000406. The van der Waals surface area contributed by atoms with Crippen LogP contribution in [0.3, 0.4) is 0 Å². The van der Waals surface area contributed by atoms with Gasteiger partial charge in [-0.3, -0.25) is 9.69 Å². The van der Waals surface area contributed by atoms with Gasteiger partial charge < -0.3 is 19.9 Å². The number of amides is 1. The van der Waals surface area contributed by atoms with E-state index in [1.807, 2.05) is 11.3 Å². The standard InChI is InChI=1S/C21H28N2O3S.C2HF3O2/c1-25-13-20(24)22-19-8-4-5-9-21(19)15-23(10-11-26-21)12-16-14-27-18-7-3-2-6-17(16)18;3-2(4,5)1(6)7/h2-3,6-7,14,19H,4-5,8-13,15H2,1H3,(H,22,24);(H,6,7). The number of nitrogens with one attached hydrogen (secondary N) is 1. The monoisotopic (exact) mass is 502 g/mol. The lowest BCUT2D eigenvalue weighted by atomic mass is 9.78. The van der Waals surface area contributed by atoms with E-state index in [0.717, 1.165) is 51.9 Å². The van der Waals surface area contributed by atoms with E-state index in [1.54, 1.807) is 7.11 Å². The number of hydrogen-bond donors (Lipinski definition) is 2. The minimum absolute atomic E-state index is 0.0478. The topological polar surface area (TPSA) is 88.1 Å². The van der Waals surface area contributed by atoms with Gasteiger partial charge in [0.1, 0.15) is 12.2 Å². The zero-order valence-electron chi connectivity index (χ0n) is 18.9. The van der Waals surface area contributed by atoms with Crippen LogP contribution in [0.4, 0.5) is 13.2 Å². The average Bonchev–Trinajstić information content (AvgIpc) is 3.18. The third-order valence-electron chi connectivity index (χ3n) is 6.07. The van der Waals surface area contributed by atoms with Gasteiger partial charge in [-0.25, -0.2) is 4.79 Å². The molecule has 0 bridgehead atoms. The van der Waals surface area contributed by atoms with Crippen LogP contribution in [0, 0.1) is 0 Å². The first-order chi connectivity index (χ1) is 16.1. The molecule has 2 fully saturated rings. The van der Waals surface area contributed by atoms with E-state index >= 15 is 0 Å². The molecule has 188 valence electrons. The van der Waals surface area contributed by atoms with Gasteiger partial charge in [-0.2, -0.15) is 13.2 Å². The fourth-order valence-electron chi connectivity index (χ4n) is 4.56. The number of nitrogens with zero attached hydrogens (tertiary/aromatic N) is 1. The van der Waals surface area contributed by atoms with Gasteiger partial charge in [0.05, 0.1) is 12.6 Å². The Morgan fingerprint density at radius 3 is 2.76 bits per heavy atom. The summed E-state index contributed by atoms with van der Waals surface area (Å²) in [6.07, 6.45) is -0.805. The first kappa shape index (κ1) is 26.4. The first-order valence-electron chi connectivity index (χ1n) is 11.0. The molecule has 1 aliphatic carbocycles. The maximum absolute atomic E-state index is 12.1. The molecule has 2 aliphatic rings. The Morgan fingerprint density at radius 1 is 1.32 bits per heavy atom. The van der Waals surface area contributed by atoms with Gasteiger partial charge in [0, 0.05) is 31.4 Å². The van der Waals surface area contributed by atoms with Gasteiger partial charge in [-0.05, 0) is 35.2 Å². The Hall–Kier alpha value is -2.21. The van der Waals surface area contributed by atoms with Crippen LogP contribution in [0.5, 0.6) is 0 Å². The van der Waals surface area contributed by atoms with Crippen LogP contribution in [0.25, 0.3) is 10.1 Å². The Labute approximate surface area is 199 Å². The zero-order chi connectivity index (χ0) is 24.8. The number of carboxylic acid groups (broad SMARTS) is 1. The molecule has 2 heterocycles. The maximum Gasteiger partial charge on any atom is 0.490 e. The van der Waals surface area contributed by atoms with E-state index in [0.29, 0.717) is 0 Å². The van der Waals surface area contributed by atoms with E-state index in [-0.39, 0.29) is 24.2 Å². The molecule has 7 nitrogen and oxygen atoms in total. The van der Waals surface area contributed by atoms with Crippen LogP contribution < -0.4 is 5.32 Å². The highest BCUT2D eigenvalue weighted by molar-refractivity contribution is 7.17. The Kier molecular flexibility index (Phi) is 8.91. The number of halogens is 3. The van der Waals surface area contributed by atoms with Crippen molar-refractivity contribution in [3.8, 4) is 0 Å². The second kappa shape index (κ2) is 11.5. The molecule has 2 N–H and O–H groups in total. The molecule has 1 amide bonds. The summed E-state index contributed by atoms with van der Waals surface area (Å²) in [5.41, 5.74) is 1.12. The first-order valence-corrected chi connectivity index (χ1v) is 11.9. The third kappa shape index (κ3) is 6.68. The van der Waals surface area contributed by atoms with Gasteiger partial charge in [-0.15, -0.1) is 11.3 Å². The summed E-state index contributed by atoms with van der Waals surface area (Å²) in [5.74, 6) is -2.80. The highest BCUT2D eigenvalue weighted by atomic mass is 32.1. The number of hydrogen-bond acceptors (Lipinski definition) is 6. The van der Waals surface area contributed by atoms with Crippen molar-refractivity contribution in [3.05, 3.63) is 35.2 Å². The summed E-state index contributed by atoms with van der Waals surface area (Å²) in [6, 6.07) is 8.68. The lowest BCUT2D eigenvalue weighted by Gasteiger charge is -2.49. The van der Waals surface area contributed by atoms with E-state index in [9.17, 15) is 18.0 Å². The fraction of sp³-hybridized carbons (Fsp3) is 0.565. The molecule has 1 aromatic carbocycles. The van der Waals surface area contributed by atoms with Crippen LogP contribution in [0.1, 0.15) is 31.2 Å². The molecule has 2 unspecified atom stereocenters. The van der Waals surface area contributed by atoms with Gasteiger partial charge in [0.15, 0.2) is 0 Å². The van der Waals surface area contributed by atoms with Crippen LogP contribution in [-0.2, 0) is 25.6 Å². The summed E-state index contributed by atoms with van der Waals surface area (Å²) in [6.45, 7) is 3.57. The molecule has 1 saturated carbocycles. The maximum atomic E-state index is 12.1. The summed E-state index contributed by atoms with van der Waals surface area (Å²) in [7, 11) is 1.56. The number of methoxy groups -OCH3 is 1. The molecule has 11 heteroatoms. The minimum atomic E-state index is -5.08. The number of morpholine rings is 1. The minimum Gasteiger partial charge on any atom is -0.475 e. The number of rotatable bonds is 5. The number of alkyl halides is 3. The number of carbonyl (C=O) groups is 2. The van der Waals surface area contributed by atoms with Crippen molar-refractivity contribution in [1.29, 1.82) is 0 Å². The Bertz CT molecular complexity index is 979. The van der Waals surface area contributed by atoms with E-state index < -0.39 is 12.1 Å². The third-order valence-corrected chi connectivity index (χ3v) is 7.09. The second-order valence-electron chi connectivity index (χ2n) is 8.48. The summed E-state index contributed by atoms with van der Waals surface area (Å²) < 4.78 is 44.4. The molecular weight excluding hydrogens is 473 g/mol. The van der Waals surface area contributed by atoms with Crippen molar-refractivity contribution in [3.63, 3.8) is 0 Å². The van der Waals surface area contributed by atoms with Gasteiger partial charge in [0.2, 0.25) is 5.91 Å². The van der Waals surface area contributed by atoms with Crippen LogP contribution in [-0.4, -0.2) is 73.1 Å². The molecule has 4 rings (SSSR count). The molecule has 2 aromatic rings. The lowest BCUT2D eigenvalue weighted by Crippen LogP contribution is -2.64. The van der Waals surface area contributed by atoms with E-state index in [2.05, 4.69) is 39.9 Å². The average molecular weight is 503 g/mol. The second-order valence-corrected chi connectivity index (χ2v) is 9.39. The van der Waals surface area contributed by atoms with Crippen molar-refractivity contribution < 1.29 is 37.3 Å². The number of carbonyl (C=O) groups excluding carboxylic acids is 1. The summed E-state index contributed by atoms with van der Waals surface area (Å²) in [4.78, 5) is 23.5. The Morgan fingerprint density at radius 2 is 2.06 bits per heavy atom. The summed E-state index contributed by atoms with van der Waals surface area (Å²) >= 11 is 1.82. The zero-order valence-corrected chi connectivity index (χ0v) is 19.7. The van der Waals surface area contributed by atoms with E-state index in [4.69, 9.17) is 19.4 Å². The molecule has 1 saturated heterocycles. The SMILES string of the molecule is COCC(=O)NC1CCCCC12CN(Cc1csc3ccccc13)CCO2.O=C(O)C(F)(F)F. The van der Waals surface area contributed by atoms with Crippen LogP contribution in [0.2, 0.25) is 0 Å². The number of fused-ring (bicyclic) bond motifs is 1. The quantitative estimate of drug-likeness (QED) is 0.647. The predicted molar refractivity (Wildman–Crippen MR) is 122 cm³/mol. The predicted octanol–water partition coefficient (Wildman–Crippen LogP) is 3.81. The number of thiophene rings is 1. The molecule has 2 atom stereocenters. The van der Waals surface area contributed by atoms with Crippen molar-refractivity contribution in [2.75, 3.05) is 33.4 Å². The molecule has 1 spiro atoms. The van der Waals surface area contributed by atoms with Crippen molar-refractivity contribution >= 4 is 33.3 Å². The lowest BCUT2D eigenvalue weighted by molar-refractivity contribution is -0.192. The number of benzene rings is 1. The highest BCUT2D eigenvalue weighted by Crippen LogP contribution is 2.36. The molecular formula is C23H29F3N2O5S. The van der Waals surface area contributed by atoms with Gasteiger partial charge in [0.25, 0.3) is 0 Å². The normalized spacial score (nSPS) is 23.4. The van der Waals surface area contributed by atoms with E-state index in [1.165, 1.54) is 15.6 Å². The van der Waals surface area contributed by atoms with Crippen molar-refractivity contribution in [1.82, 2.24) is 10.2 Å². The molecule has 0 radical (unpaired) electrons.